The molecule has 0 fully saturated rings. The van der Waals surface area contributed by atoms with E-state index in [0.29, 0.717) is 17.7 Å². The first kappa shape index (κ1) is 18.3. The van der Waals surface area contributed by atoms with Crippen molar-refractivity contribution >= 4 is 26.8 Å². The lowest BCUT2D eigenvalue weighted by molar-refractivity contribution is 0.512. The van der Waals surface area contributed by atoms with Gasteiger partial charge in [0.25, 0.3) is 10.0 Å². The van der Waals surface area contributed by atoms with Crippen LogP contribution in [0.3, 0.4) is 0 Å². The van der Waals surface area contributed by atoms with E-state index in [0.717, 1.165) is 19.3 Å². The number of rotatable bonds is 7. The molecule has 26 heavy (non-hydrogen) atoms. The average Bonchev–Trinajstić information content (AvgIpc) is 2.95. The van der Waals surface area contributed by atoms with Gasteiger partial charge in [0.1, 0.15) is 0 Å². The van der Waals surface area contributed by atoms with Crippen molar-refractivity contribution in [2.24, 2.45) is 0 Å². The predicted molar refractivity (Wildman–Crippen MR) is 102 cm³/mol. The minimum Gasteiger partial charge on any atom is -0.408 e. The molecule has 7 heteroatoms. The fourth-order valence-corrected chi connectivity index (χ4v) is 3.92. The molecule has 3 rings (SSSR count). The van der Waals surface area contributed by atoms with E-state index in [1.807, 2.05) is 19.1 Å². The van der Waals surface area contributed by atoms with Gasteiger partial charge in [-0.1, -0.05) is 25.5 Å². The molecule has 3 aromatic rings. The standard InChI is InChI=1S/C19H22N2O4S/c1-3-5-6-14-7-9-15(10-8-14)20-26(23,24)16-11-12-17-18(13-16)25-19(22)21(17)4-2/h7-13,20H,3-6H2,1-2H3. The molecule has 0 unspecified atom stereocenters. The quantitative estimate of drug-likeness (QED) is 0.683. The molecule has 1 aromatic heterocycles. The monoisotopic (exact) mass is 374 g/mol. The van der Waals surface area contributed by atoms with E-state index in [1.165, 1.54) is 22.3 Å². The second-order valence-corrected chi connectivity index (χ2v) is 7.83. The summed E-state index contributed by atoms with van der Waals surface area (Å²) in [5.74, 6) is -0.493. The number of hydrogen-bond acceptors (Lipinski definition) is 4. The fraction of sp³-hybridized carbons (Fsp3) is 0.316. The Bertz CT molecular complexity index is 1060. The summed E-state index contributed by atoms with van der Waals surface area (Å²) in [7, 11) is -3.77. The molecule has 0 bridgehead atoms. The van der Waals surface area contributed by atoms with Gasteiger partial charge in [-0.15, -0.1) is 0 Å². The molecule has 138 valence electrons. The highest BCUT2D eigenvalue weighted by Crippen LogP contribution is 2.21. The molecule has 0 amide bonds. The second-order valence-electron chi connectivity index (χ2n) is 6.15. The third-order valence-electron chi connectivity index (χ3n) is 4.29. The molecular formula is C19H22N2O4S. The van der Waals surface area contributed by atoms with Crippen LogP contribution in [0.5, 0.6) is 0 Å². The molecule has 0 saturated carbocycles. The molecular weight excluding hydrogens is 352 g/mol. The van der Waals surface area contributed by atoms with Gasteiger partial charge in [-0.2, -0.15) is 0 Å². The minimum atomic E-state index is -3.77. The van der Waals surface area contributed by atoms with Crippen molar-refractivity contribution in [1.82, 2.24) is 4.57 Å². The highest BCUT2D eigenvalue weighted by molar-refractivity contribution is 7.92. The second kappa shape index (κ2) is 7.37. The Morgan fingerprint density at radius 3 is 2.46 bits per heavy atom. The van der Waals surface area contributed by atoms with Crippen molar-refractivity contribution in [3.05, 3.63) is 58.6 Å². The fourth-order valence-electron chi connectivity index (χ4n) is 2.85. The number of oxazole rings is 1. The summed E-state index contributed by atoms with van der Waals surface area (Å²) in [6.07, 6.45) is 3.20. The molecule has 6 nitrogen and oxygen atoms in total. The Kier molecular flexibility index (Phi) is 5.18. The number of benzene rings is 2. The Labute approximate surface area is 152 Å². The Hall–Kier alpha value is -2.54. The molecule has 0 aliphatic carbocycles. The van der Waals surface area contributed by atoms with Gasteiger partial charge in [-0.3, -0.25) is 9.29 Å². The molecule has 0 spiro atoms. The zero-order chi connectivity index (χ0) is 18.7. The first-order valence-electron chi connectivity index (χ1n) is 8.69. The van der Waals surface area contributed by atoms with Crippen LogP contribution in [0.2, 0.25) is 0 Å². The minimum absolute atomic E-state index is 0.0528. The summed E-state index contributed by atoms with van der Waals surface area (Å²) in [5.41, 5.74) is 2.52. The number of hydrogen-bond donors (Lipinski definition) is 1. The van der Waals surface area contributed by atoms with Gasteiger partial charge in [0, 0.05) is 18.3 Å². The van der Waals surface area contributed by atoms with Gasteiger partial charge in [0.15, 0.2) is 5.58 Å². The maximum atomic E-state index is 12.6. The number of fused-ring (bicyclic) bond motifs is 1. The van der Waals surface area contributed by atoms with Gasteiger partial charge in [-0.05, 0) is 49.6 Å². The van der Waals surface area contributed by atoms with Gasteiger partial charge in [-0.25, -0.2) is 13.2 Å². The summed E-state index contributed by atoms with van der Waals surface area (Å²) in [6, 6.07) is 11.8. The summed E-state index contributed by atoms with van der Waals surface area (Å²) < 4.78 is 34.4. The van der Waals surface area contributed by atoms with Crippen LogP contribution in [-0.4, -0.2) is 13.0 Å². The smallest absolute Gasteiger partial charge is 0.408 e. The van der Waals surface area contributed by atoms with E-state index in [2.05, 4.69) is 11.6 Å². The first-order chi connectivity index (χ1) is 12.4. The Morgan fingerprint density at radius 2 is 1.81 bits per heavy atom. The maximum Gasteiger partial charge on any atom is 0.419 e. The van der Waals surface area contributed by atoms with Gasteiger partial charge in [0.2, 0.25) is 0 Å². The zero-order valence-corrected chi connectivity index (χ0v) is 15.7. The number of nitrogens with one attached hydrogen (secondary N) is 1. The molecule has 0 radical (unpaired) electrons. The van der Waals surface area contributed by atoms with Crippen molar-refractivity contribution in [1.29, 1.82) is 0 Å². The van der Waals surface area contributed by atoms with E-state index >= 15 is 0 Å². The molecule has 1 N–H and O–H groups in total. The summed E-state index contributed by atoms with van der Waals surface area (Å²) in [6.45, 7) is 4.42. The summed E-state index contributed by atoms with van der Waals surface area (Å²) in [4.78, 5) is 11.8. The number of sulfonamides is 1. The van der Waals surface area contributed by atoms with Crippen LogP contribution in [0.15, 0.2) is 56.6 Å². The van der Waals surface area contributed by atoms with Crippen LogP contribution in [-0.2, 0) is 23.0 Å². The number of anilines is 1. The van der Waals surface area contributed by atoms with Crippen molar-refractivity contribution < 1.29 is 12.8 Å². The van der Waals surface area contributed by atoms with Crippen LogP contribution in [0.25, 0.3) is 11.1 Å². The van der Waals surface area contributed by atoms with E-state index in [1.54, 1.807) is 18.2 Å². The van der Waals surface area contributed by atoms with Crippen LogP contribution in [0.1, 0.15) is 32.3 Å². The van der Waals surface area contributed by atoms with Gasteiger partial charge in [0.05, 0.1) is 10.4 Å². The van der Waals surface area contributed by atoms with Crippen molar-refractivity contribution in [2.75, 3.05) is 4.72 Å². The van der Waals surface area contributed by atoms with E-state index < -0.39 is 15.8 Å². The molecule has 1 heterocycles. The Balaban J connectivity index is 1.86. The van der Waals surface area contributed by atoms with E-state index in [-0.39, 0.29) is 10.5 Å². The zero-order valence-electron chi connectivity index (χ0n) is 14.9. The van der Waals surface area contributed by atoms with Crippen molar-refractivity contribution in [3.63, 3.8) is 0 Å². The van der Waals surface area contributed by atoms with E-state index in [4.69, 9.17) is 4.42 Å². The highest BCUT2D eigenvalue weighted by Gasteiger charge is 2.17. The Morgan fingerprint density at radius 1 is 1.08 bits per heavy atom. The van der Waals surface area contributed by atoms with E-state index in [9.17, 15) is 13.2 Å². The molecule has 0 saturated heterocycles. The normalized spacial score (nSPS) is 11.8. The summed E-state index contributed by atoms with van der Waals surface area (Å²) >= 11 is 0. The first-order valence-corrected chi connectivity index (χ1v) is 10.2. The third-order valence-corrected chi connectivity index (χ3v) is 5.67. The highest BCUT2D eigenvalue weighted by atomic mass is 32.2. The lowest BCUT2D eigenvalue weighted by atomic mass is 10.1. The van der Waals surface area contributed by atoms with Crippen LogP contribution in [0.4, 0.5) is 5.69 Å². The van der Waals surface area contributed by atoms with Crippen LogP contribution < -0.4 is 10.5 Å². The molecule has 0 atom stereocenters. The molecule has 0 aliphatic rings. The third kappa shape index (κ3) is 3.67. The van der Waals surface area contributed by atoms with Crippen LogP contribution in [0, 0.1) is 0 Å². The van der Waals surface area contributed by atoms with Gasteiger partial charge >= 0.3 is 5.76 Å². The number of unbranched alkanes of at least 4 members (excludes halogenated alkanes) is 1. The molecule has 2 aromatic carbocycles. The number of aryl methyl sites for hydroxylation is 2. The lowest BCUT2D eigenvalue weighted by Crippen LogP contribution is -2.13. The van der Waals surface area contributed by atoms with Gasteiger partial charge < -0.3 is 4.42 Å². The number of nitrogens with zero attached hydrogens (tertiary/aromatic N) is 1. The lowest BCUT2D eigenvalue weighted by Gasteiger charge is -2.09. The topological polar surface area (TPSA) is 81.3 Å². The predicted octanol–water partition coefficient (Wildman–Crippen LogP) is 3.76. The average molecular weight is 374 g/mol. The number of aromatic nitrogens is 1. The maximum absolute atomic E-state index is 12.6. The van der Waals surface area contributed by atoms with Crippen molar-refractivity contribution in [2.45, 2.75) is 44.6 Å². The summed E-state index contributed by atoms with van der Waals surface area (Å²) in [5, 5.41) is 0. The SMILES string of the molecule is CCCCc1ccc(NS(=O)(=O)c2ccc3c(c2)oc(=O)n3CC)cc1. The van der Waals surface area contributed by atoms with Crippen molar-refractivity contribution in [3.8, 4) is 0 Å². The largest absolute Gasteiger partial charge is 0.419 e. The van der Waals surface area contributed by atoms with Crippen LogP contribution >= 0.6 is 0 Å². The molecule has 0 aliphatic heterocycles.